The first-order chi connectivity index (χ1) is 18.8. The lowest BCUT2D eigenvalue weighted by Gasteiger charge is -2.23. The van der Waals surface area contributed by atoms with Crippen molar-refractivity contribution in [1.29, 1.82) is 10.5 Å². The van der Waals surface area contributed by atoms with E-state index in [-0.39, 0.29) is 35.6 Å². The van der Waals surface area contributed by atoms with Crippen molar-refractivity contribution >= 4 is 22.8 Å². The zero-order chi connectivity index (χ0) is 27.6. The number of carbonyl (C=O) groups is 1. The number of nitriles is 2. The van der Waals surface area contributed by atoms with Gasteiger partial charge in [-0.1, -0.05) is 0 Å². The Balaban J connectivity index is 1.32. The average molecular weight is 536 g/mol. The van der Waals surface area contributed by atoms with E-state index in [9.17, 15) is 28.5 Å². The van der Waals surface area contributed by atoms with Crippen molar-refractivity contribution in [3.8, 4) is 23.4 Å². The van der Waals surface area contributed by atoms with E-state index in [1.165, 1.54) is 12.5 Å². The van der Waals surface area contributed by atoms with Crippen LogP contribution in [0.1, 0.15) is 30.3 Å². The van der Waals surface area contributed by atoms with Crippen LogP contribution in [0.3, 0.4) is 0 Å². The molecule has 4 aromatic heterocycles. The smallest absolute Gasteiger partial charge is 0.452 e. The van der Waals surface area contributed by atoms with E-state index in [2.05, 4.69) is 40.8 Å². The Morgan fingerprint density at radius 1 is 1.26 bits per heavy atom. The maximum Gasteiger partial charge on any atom is 0.490 e. The number of hydrogen-bond donors (Lipinski definition) is 1. The first kappa shape index (κ1) is 25.6. The van der Waals surface area contributed by atoms with E-state index in [1.807, 2.05) is 23.2 Å². The van der Waals surface area contributed by atoms with Gasteiger partial charge in [0.2, 0.25) is 0 Å². The van der Waals surface area contributed by atoms with Crippen LogP contribution >= 0.6 is 0 Å². The standard InChI is InChI=1S/C24H19F3N10O2/c25-24(26,27)23(38)39-12-16-9-31-22(18(7-29)35-16)36-6-3-14(10-36)19(1-4-28)37-11-15(8-34-37)20-17-2-5-30-21(17)33-13-32-20/h2,5,8-9,11,13-14,19H,1,3,6,10,12H2,(H,30,32,33)/t14?,19-/m0/s1. The SMILES string of the molecule is N#CC[C@@H](C1CCN(c2ncc(COC(=O)C(F)(F)F)nc2C#N)C1)n1cc(-c2ncnc3[nH]ccc23)cn1. The lowest BCUT2D eigenvalue weighted by Crippen LogP contribution is -2.27. The average Bonchev–Trinajstić information content (AvgIpc) is 3.70. The summed E-state index contributed by atoms with van der Waals surface area (Å²) in [5, 5.41) is 24.5. The molecule has 4 aromatic rings. The molecule has 0 aromatic carbocycles. The molecular formula is C24H19F3N10O2. The minimum absolute atomic E-state index is 0.0177. The molecule has 0 bridgehead atoms. The number of ether oxygens (including phenoxy) is 1. The Kier molecular flexibility index (Phi) is 6.81. The normalized spacial score (nSPS) is 16.1. The van der Waals surface area contributed by atoms with Crippen molar-refractivity contribution < 1.29 is 22.7 Å². The summed E-state index contributed by atoms with van der Waals surface area (Å²) in [4.78, 5) is 32.7. The number of carbonyl (C=O) groups excluding carboxylic acids is 1. The highest BCUT2D eigenvalue weighted by atomic mass is 19.4. The number of rotatable bonds is 7. The van der Waals surface area contributed by atoms with Gasteiger partial charge in [0.1, 0.15) is 24.7 Å². The number of halogens is 3. The summed E-state index contributed by atoms with van der Waals surface area (Å²) in [6.45, 7) is 0.196. The Morgan fingerprint density at radius 3 is 2.87 bits per heavy atom. The predicted molar refractivity (Wildman–Crippen MR) is 127 cm³/mol. The molecule has 0 spiro atoms. The van der Waals surface area contributed by atoms with E-state index in [4.69, 9.17) is 0 Å². The van der Waals surface area contributed by atoms with Gasteiger partial charge in [0, 0.05) is 42.4 Å². The molecule has 39 heavy (non-hydrogen) atoms. The van der Waals surface area contributed by atoms with Crippen LogP contribution in [0.25, 0.3) is 22.3 Å². The molecule has 1 aliphatic rings. The molecule has 2 atom stereocenters. The molecule has 0 amide bonds. The first-order valence-electron chi connectivity index (χ1n) is 11.7. The zero-order valence-electron chi connectivity index (χ0n) is 20.1. The summed E-state index contributed by atoms with van der Waals surface area (Å²) in [6.07, 6.45) is 3.69. The largest absolute Gasteiger partial charge is 0.490 e. The van der Waals surface area contributed by atoms with Gasteiger partial charge in [-0.3, -0.25) is 4.68 Å². The molecule has 1 unspecified atom stereocenters. The molecule has 15 heteroatoms. The highest BCUT2D eigenvalue weighted by molar-refractivity contribution is 5.90. The van der Waals surface area contributed by atoms with Gasteiger partial charge in [0.25, 0.3) is 0 Å². The lowest BCUT2D eigenvalue weighted by molar-refractivity contribution is -0.201. The lowest BCUT2D eigenvalue weighted by atomic mass is 9.96. The molecule has 12 nitrogen and oxygen atoms in total. The number of alkyl halides is 3. The number of anilines is 1. The maximum absolute atomic E-state index is 12.4. The van der Waals surface area contributed by atoms with E-state index in [1.54, 1.807) is 17.1 Å². The van der Waals surface area contributed by atoms with Gasteiger partial charge in [-0.15, -0.1) is 0 Å². The summed E-state index contributed by atoms with van der Waals surface area (Å²) in [5.74, 6) is -2.11. The second kappa shape index (κ2) is 10.4. The molecule has 5 heterocycles. The molecule has 1 saturated heterocycles. The highest BCUT2D eigenvalue weighted by Gasteiger charge is 2.41. The molecule has 0 saturated carbocycles. The van der Waals surface area contributed by atoms with E-state index < -0.39 is 18.8 Å². The highest BCUT2D eigenvalue weighted by Crippen LogP contribution is 2.34. The molecule has 1 fully saturated rings. The fraction of sp³-hybridized carbons (Fsp3) is 0.333. The fourth-order valence-electron chi connectivity index (χ4n) is 4.62. The monoisotopic (exact) mass is 536 g/mol. The van der Waals surface area contributed by atoms with Crippen LogP contribution < -0.4 is 4.90 Å². The number of fused-ring (bicyclic) bond motifs is 1. The van der Waals surface area contributed by atoms with Gasteiger partial charge in [-0.25, -0.2) is 24.7 Å². The van der Waals surface area contributed by atoms with Gasteiger partial charge in [0.15, 0.2) is 11.5 Å². The van der Waals surface area contributed by atoms with Crippen molar-refractivity contribution in [3.63, 3.8) is 0 Å². The molecule has 0 radical (unpaired) electrons. The quantitative estimate of drug-likeness (QED) is 0.347. The Hall–Kier alpha value is -5.05. The molecule has 1 aliphatic heterocycles. The number of aromatic amines is 1. The minimum Gasteiger partial charge on any atom is -0.452 e. The molecule has 5 rings (SSSR count). The van der Waals surface area contributed by atoms with E-state index in [0.29, 0.717) is 30.9 Å². The van der Waals surface area contributed by atoms with Crippen LogP contribution in [0, 0.1) is 28.6 Å². The Labute approximate surface area is 218 Å². The zero-order valence-corrected chi connectivity index (χ0v) is 20.1. The number of nitrogens with zero attached hydrogens (tertiary/aromatic N) is 9. The van der Waals surface area contributed by atoms with Crippen molar-refractivity contribution in [2.75, 3.05) is 18.0 Å². The summed E-state index contributed by atoms with van der Waals surface area (Å²) in [7, 11) is 0. The van der Waals surface area contributed by atoms with Crippen LogP contribution in [0.5, 0.6) is 0 Å². The van der Waals surface area contributed by atoms with Gasteiger partial charge in [-0.2, -0.15) is 28.8 Å². The van der Waals surface area contributed by atoms with Crippen molar-refractivity contribution in [1.82, 2.24) is 34.7 Å². The van der Waals surface area contributed by atoms with Gasteiger partial charge in [0.05, 0.1) is 42.3 Å². The van der Waals surface area contributed by atoms with Crippen LogP contribution in [0.4, 0.5) is 19.0 Å². The Morgan fingerprint density at radius 2 is 2.10 bits per heavy atom. The minimum atomic E-state index is -5.13. The summed E-state index contributed by atoms with van der Waals surface area (Å²) in [5.41, 5.74) is 2.00. The maximum atomic E-state index is 12.4. The van der Waals surface area contributed by atoms with Gasteiger partial charge in [-0.05, 0) is 12.5 Å². The second-order valence-corrected chi connectivity index (χ2v) is 8.81. The first-order valence-corrected chi connectivity index (χ1v) is 11.7. The molecule has 0 aliphatic carbocycles. The van der Waals surface area contributed by atoms with E-state index >= 15 is 0 Å². The number of aromatic nitrogens is 7. The summed E-state index contributed by atoms with van der Waals surface area (Å²) < 4.78 is 43.1. The molecule has 1 N–H and O–H groups in total. The van der Waals surface area contributed by atoms with Gasteiger partial charge < -0.3 is 14.6 Å². The second-order valence-electron chi connectivity index (χ2n) is 8.81. The number of esters is 1. The fourth-order valence-corrected chi connectivity index (χ4v) is 4.62. The number of H-pyrrole nitrogens is 1. The van der Waals surface area contributed by atoms with Crippen molar-refractivity contribution in [3.05, 3.63) is 48.6 Å². The van der Waals surface area contributed by atoms with Crippen molar-refractivity contribution in [2.45, 2.75) is 31.7 Å². The molecular weight excluding hydrogens is 517 g/mol. The van der Waals surface area contributed by atoms with Gasteiger partial charge >= 0.3 is 12.1 Å². The van der Waals surface area contributed by atoms with Crippen LogP contribution in [-0.4, -0.2) is 59.9 Å². The molecule has 198 valence electrons. The topological polar surface area (TPSA) is 162 Å². The summed E-state index contributed by atoms with van der Waals surface area (Å²) in [6, 6.07) is 5.74. The third kappa shape index (κ3) is 5.19. The van der Waals surface area contributed by atoms with Crippen LogP contribution in [0.2, 0.25) is 0 Å². The number of nitrogens with one attached hydrogen (secondary N) is 1. The third-order valence-corrected chi connectivity index (χ3v) is 6.43. The van der Waals surface area contributed by atoms with Crippen molar-refractivity contribution in [2.24, 2.45) is 5.92 Å². The Bertz CT molecular complexity index is 1600. The third-order valence-electron chi connectivity index (χ3n) is 6.43. The van der Waals surface area contributed by atoms with Crippen LogP contribution in [-0.2, 0) is 16.1 Å². The van der Waals surface area contributed by atoms with Crippen LogP contribution in [0.15, 0.2) is 37.2 Å². The summed E-state index contributed by atoms with van der Waals surface area (Å²) >= 11 is 0. The van der Waals surface area contributed by atoms with E-state index in [0.717, 1.165) is 10.9 Å². The predicted octanol–water partition coefficient (Wildman–Crippen LogP) is 3.07. The number of hydrogen-bond acceptors (Lipinski definition) is 10.